The van der Waals surface area contributed by atoms with Gasteiger partial charge in [-0.2, -0.15) is 13.2 Å². The molecule has 0 saturated heterocycles. The topological polar surface area (TPSA) is 54.9 Å². The van der Waals surface area contributed by atoms with E-state index in [-0.39, 0.29) is 30.6 Å². The van der Waals surface area contributed by atoms with Gasteiger partial charge in [0.2, 0.25) is 0 Å². The Kier molecular flexibility index (Phi) is 12.6. The van der Waals surface area contributed by atoms with E-state index in [9.17, 15) is 13.2 Å². The number of aliphatic imine (C=N–C) groups is 1. The van der Waals surface area contributed by atoms with Gasteiger partial charge in [0.05, 0.1) is 13.2 Å². The highest BCUT2D eigenvalue weighted by molar-refractivity contribution is 14.0. The van der Waals surface area contributed by atoms with E-state index in [1.807, 2.05) is 19.1 Å². The van der Waals surface area contributed by atoms with Crippen LogP contribution in [0.1, 0.15) is 37.3 Å². The molecule has 0 bridgehead atoms. The number of nitrogens with zero attached hydrogens (tertiary/aromatic N) is 1. The number of halogens is 4. The second-order valence-electron chi connectivity index (χ2n) is 6.92. The Morgan fingerprint density at radius 2 is 1.93 bits per heavy atom. The zero-order chi connectivity index (χ0) is 20.2. The van der Waals surface area contributed by atoms with Crippen molar-refractivity contribution >= 4 is 29.9 Å². The van der Waals surface area contributed by atoms with Crippen molar-refractivity contribution in [3.05, 3.63) is 35.4 Å². The molecule has 0 aromatic heterocycles. The Morgan fingerprint density at radius 3 is 2.62 bits per heavy atom. The van der Waals surface area contributed by atoms with Crippen molar-refractivity contribution in [1.29, 1.82) is 0 Å². The zero-order valence-electron chi connectivity index (χ0n) is 16.8. The predicted molar refractivity (Wildman–Crippen MR) is 119 cm³/mol. The lowest BCUT2D eigenvalue weighted by molar-refractivity contribution is -0.176. The molecule has 1 aliphatic carbocycles. The van der Waals surface area contributed by atoms with Gasteiger partial charge in [0, 0.05) is 26.3 Å². The molecule has 0 aliphatic heterocycles. The molecule has 1 aromatic rings. The Labute approximate surface area is 187 Å². The first-order valence-corrected chi connectivity index (χ1v) is 9.78. The van der Waals surface area contributed by atoms with E-state index < -0.39 is 12.8 Å². The van der Waals surface area contributed by atoms with Crippen LogP contribution in [-0.2, 0) is 22.6 Å². The molecule has 9 heteroatoms. The first kappa shape index (κ1) is 26.0. The summed E-state index contributed by atoms with van der Waals surface area (Å²) in [6, 6.07) is 7.25. The van der Waals surface area contributed by atoms with Gasteiger partial charge in [0.15, 0.2) is 5.96 Å². The third-order valence-corrected chi connectivity index (χ3v) is 4.10. The van der Waals surface area contributed by atoms with Crippen LogP contribution < -0.4 is 10.6 Å². The number of benzene rings is 1. The lowest BCUT2D eigenvalue weighted by Gasteiger charge is -2.12. The van der Waals surface area contributed by atoms with E-state index in [0.717, 1.165) is 44.2 Å². The molecule has 1 aliphatic rings. The highest BCUT2D eigenvalue weighted by Crippen LogP contribution is 2.28. The molecule has 0 heterocycles. The Morgan fingerprint density at radius 1 is 1.17 bits per heavy atom. The summed E-state index contributed by atoms with van der Waals surface area (Å²) < 4.78 is 46.8. The minimum Gasteiger partial charge on any atom is -0.381 e. The molecule has 0 spiro atoms. The van der Waals surface area contributed by atoms with Crippen LogP contribution in [0.2, 0.25) is 0 Å². The summed E-state index contributed by atoms with van der Waals surface area (Å²) in [6.45, 7) is 4.23. The Balaban J connectivity index is 0.00000420. The summed E-state index contributed by atoms with van der Waals surface area (Å²) in [5.74, 6) is 1.49. The molecule has 0 unspecified atom stereocenters. The van der Waals surface area contributed by atoms with Crippen LogP contribution in [-0.4, -0.2) is 45.0 Å². The van der Waals surface area contributed by atoms with Gasteiger partial charge in [0.1, 0.15) is 6.61 Å². The average Bonchev–Trinajstić information content (AvgIpc) is 3.46. The van der Waals surface area contributed by atoms with E-state index >= 15 is 0 Å². The fourth-order valence-electron chi connectivity index (χ4n) is 2.53. The second-order valence-corrected chi connectivity index (χ2v) is 6.92. The summed E-state index contributed by atoms with van der Waals surface area (Å²) in [4.78, 5) is 4.53. The Hall–Kier alpha value is -1.07. The molecule has 29 heavy (non-hydrogen) atoms. The van der Waals surface area contributed by atoms with E-state index in [1.54, 1.807) is 12.1 Å². The monoisotopic (exact) mass is 529 g/mol. The summed E-state index contributed by atoms with van der Waals surface area (Å²) in [6.07, 6.45) is -0.809. The molecule has 5 nitrogen and oxygen atoms in total. The highest BCUT2D eigenvalue weighted by Gasteiger charge is 2.27. The second kappa shape index (κ2) is 14.0. The summed E-state index contributed by atoms with van der Waals surface area (Å²) in [5.41, 5.74) is 1.61. The van der Waals surface area contributed by atoms with Crippen LogP contribution >= 0.6 is 24.0 Å². The van der Waals surface area contributed by atoms with Crippen LogP contribution in [0.25, 0.3) is 0 Å². The van der Waals surface area contributed by atoms with Crippen molar-refractivity contribution in [2.24, 2.45) is 10.9 Å². The fraction of sp³-hybridized carbons (Fsp3) is 0.650. The van der Waals surface area contributed by atoms with Gasteiger partial charge < -0.3 is 20.1 Å². The average molecular weight is 529 g/mol. The SMILES string of the molecule is CCNC(=NCc1cccc(COCC(F)(F)F)c1)NCCCOCC1CC1.I. The van der Waals surface area contributed by atoms with Crippen molar-refractivity contribution in [3.8, 4) is 0 Å². The van der Waals surface area contributed by atoms with E-state index in [2.05, 4.69) is 15.6 Å². The Bertz CT molecular complexity index is 611. The van der Waals surface area contributed by atoms with Gasteiger partial charge in [-0.3, -0.25) is 0 Å². The fourth-order valence-corrected chi connectivity index (χ4v) is 2.53. The molecule has 2 N–H and O–H groups in total. The molecule has 0 atom stereocenters. The van der Waals surface area contributed by atoms with Crippen molar-refractivity contribution in [1.82, 2.24) is 10.6 Å². The third-order valence-electron chi connectivity index (χ3n) is 4.10. The molecule has 0 amide bonds. The number of alkyl halides is 3. The van der Waals surface area contributed by atoms with Crippen LogP contribution in [0.15, 0.2) is 29.3 Å². The smallest absolute Gasteiger partial charge is 0.381 e. The lowest BCUT2D eigenvalue weighted by atomic mass is 10.1. The number of rotatable bonds is 12. The van der Waals surface area contributed by atoms with Gasteiger partial charge in [-0.25, -0.2) is 4.99 Å². The maximum absolute atomic E-state index is 12.2. The summed E-state index contributed by atoms with van der Waals surface area (Å²) in [7, 11) is 0. The number of hydrogen-bond acceptors (Lipinski definition) is 3. The molecule has 2 rings (SSSR count). The van der Waals surface area contributed by atoms with Crippen molar-refractivity contribution in [2.45, 2.75) is 45.5 Å². The number of hydrogen-bond donors (Lipinski definition) is 2. The van der Waals surface area contributed by atoms with E-state index in [1.165, 1.54) is 12.8 Å². The standard InChI is InChI=1S/C20H30F3N3O2.HI/c1-2-24-19(25-9-4-10-27-13-16-7-8-16)26-12-17-5-3-6-18(11-17)14-28-15-20(21,22)23;/h3,5-6,11,16H,2,4,7-10,12-15H2,1H3,(H2,24,25,26);1H. The van der Waals surface area contributed by atoms with Crippen LogP contribution in [0.4, 0.5) is 13.2 Å². The minimum atomic E-state index is -4.31. The minimum absolute atomic E-state index is 0. The quantitative estimate of drug-likeness (QED) is 0.184. The van der Waals surface area contributed by atoms with Gasteiger partial charge in [0.25, 0.3) is 0 Å². The number of guanidine groups is 1. The number of ether oxygens (including phenoxy) is 2. The first-order valence-electron chi connectivity index (χ1n) is 9.78. The molecular formula is C20H31F3IN3O2. The van der Waals surface area contributed by atoms with E-state index in [4.69, 9.17) is 9.47 Å². The van der Waals surface area contributed by atoms with Crippen LogP contribution in [0.5, 0.6) is 0 Å². The largest absolute Gasteiger partial charge is 0.411 e. The molecule has 1 saturated carbocycles. The number of nitrogens with one attached hydrogen (secondary N) is 2. The van der Waals surface area contributed by atoms with Gasteiger partial charge in [-0.15, -0.1) is 24.0 Å². The normalized spacial score (nSPS) is 14.4. The maximum Gasteiger partial charge on any atom is 0.411 e. The molecule has 0 radical (unpaired) electrons. The van der Waals surface area contributed by atoms with Crippen molar-refractivity contribution < 1.29 is 22.6 Å². The lowest BCUT2D eigenvalue weighted by Crippen LogP contribution is -2.38. The third kappa shape index (κ3) is 13.0. The van der Waals surface area contributed by atoms with Crippen LogP contribution in [0, 0.1) is 5.92 Å². The van der Waals surface area contributed by atoms with Gasteiger partial charge in [-0.1, -0.05) is 24.3 Å². The maximum atomic E-state index is 12.2. The first-order chi connectivity index (χ1) is 13.5. The zero-order valence-corrected chi connectivity index (χ0v) is 19.1. The van der Waals surface area contributed by atoms with Crippen LogP contribution in [0.3, 0.4) is 0 Å². The molecular weight excluding hydrogens is 498 g/mol. The van der Waals surface area contributed by atoms with Gasteiger partial charge >= 0.3 is 6.18 Å². The molecule has 1 fully saturated rings. The van der Waals surface area contributed by atoms with Gasteiger partial charge in [-0.05, 0) is 43.2 Å². The van der Waals surface area contributed by atoms with E-state index in [0.29, 0.717) is 18.1 Å². The molecule has 166 valence electrons. The van der Waals surface area contributed by atoms with Crippen molar-refractivity contribution in [3.63, 3.8) is 0 Å². The predicted octanol–water partition coefficient (Wildman–Crippen LogP) is 4.26. The highest BCUT2D eigenvalue weighted by atomic mass is 127. The summed E-state index contributed by atoms with van der Waals surface area (Å²) >= 11 is 0. The summed E-state index contributed by atoms with van der Waals surface area (Å²) in [5, 5.41) is 6.46. The molecule has 1 aromatic carbocycles. The van der Waals surface area contributed by atoms with Crippen molar-refractivity contribution in [2.75, 3.05) is 32.9 Å².